The van der Waals surface area contributed by atoms with Gasteiger partial charge in [0.2, 0.25) is 0 Å². The molecule has 1 aliphatic rings. The van der Waals surface area contributed by atoms with Crippen molar-refractivity contribution in [2.24, 2.45) is 0 Å². The van der Waals surface area contributed by atoms with Crippen molar-refractivity contribution in [1.29, 1.82) is 0 Å². The molecule has 1 aromatic rings. The van der Waals surface area contributed by atoms with Crippen LogP contribution >= 0.6 is 0 Å². The van der Waals surface area contributed by atoms with Gasteiger partial charge in [0.25, 0.3) is 0 Å². The molecule has 0 amide bonds. The second kappa shape index (κ2) is 5.80. The molecule has 0 bridgehead atoms. The molecule has 2 rings (SSSR count). The Balaban J connectivity index is 1.77. The first-order chi connectivity index (χ1) is 8.25. The third-order valence-corrected chi connectivity index (χ3v) is 2.89. The van der Waals surface area contributed by atoms with Crippen LogP contribution in [0.4, 0.5) is 5.69 Å². The van der Waals surface area contributed by atoms with Crippen molar-refractivity contribution in [2.45, 2.75) is 18.9 Å². The number of Topliss-reactive ketones (excluding diaryl/α,β-unsaturated/α-hetero) is 1. The van der Waals surface area contributed by atoms with Crippen LogP contribution in [0.1, 0.15) is 23.2 Å². The molecule has 1 heterocycles. The smallest absolute Gasteiger partial charge is 0.176 e. The van der Waals surface area contributed by atoms with Gasteiger partial charge in [0, 0.05) is 24.4 Å². The van der Waals surface area contributed by atoms with Gasteiger partial charge in [-0.25, -0.2) is 0 Å². The van der Waals surface area contributed by atoms with Crippen molar-refractivity contribution in [2.75, 3.05) is 25.4 Å². The highest BCUT2D eigenvalue weighted by molar-refractivity contribution is 5.98. The van der Waals surface area contributed by atoms with Gasteiger partial charge in [-0.3, -0.25) is 4.79 Å². The molecule has 3 N–H and O–H groups in total. The summed E-state index contributed by atoms with van der Waals surface area (Å²) in [5.41, 5.74) is 6.91. The minimum atomic E-state index is 0.0651. The Morgan fingerprint density at radius 2 is 2.41 bits per heavy atom. The Hall–Kier alpha value is -1.39. The van der Waals surface area contributed by atoms with Crippen LogP contribution < -0.4 is 11.1 Å². The van der Waals surface area contributed by atoms with Crippen LogP contribution in [0.15, 0.2) is 24.3 Å². The van der Waals surface area contributed by atoms with Gasteiger partial charge in [-0.15, -0.1) is 0 Å². The molecule has 0 radical (unpaired) electrons. The van der Waals surface area contributed by atoms with Gasteiger partial charge < -0.3 is 15.8 Å². The van der Waals surface area contributed by atoms with E-state index in [-0.39, 0.29) is 11.9 Å². The normalized spacial score (nSPS) is 19.4. The summed E-state index contributed by atoms with van der Waals surface area (Å²) in [4.78, 5) is 11.8. The Bertz CT molecular complexity index is 387. The van der Waals surface area contributed by atoms with E-state index < -0.39 is 0 Å². The number of benzene rings is 1. The summed E-state index contributed by atoms with van der Waals surface area (Å²) in [5.74, 6) is 0.0651. The maximum absolute atomic E-state index is 11.8. The summed E-state index contributed by atoms with van der Waals surface area (Å²) in [6.07, 6.45) is 2.47. The summed E-state index contributed by atoms with van der Waals surface area (Å²) >= 11 is 0. The summed E-state index contributed by atoms with van der Waals surface area (Å²) in [7, 11) is 0. The highest BCUT2D eigenvalue weighted by atomic mass is 16.5. The maximum Gasteiger partial charge on any atom is 0.176 e. The van der Waals surface area contributed by atoms with E-state index in [9.17, 15) is 4.79 Å². The quantitative estimate of drug-likeness (QED) is 0.594. The molecule has 0 spiro atoms. The fourth-order valence-electron chi connectivity index (χ4n) is 1.97. The second-order valence-corrected chi connectivity index (χ2v) is 4.31. The van der Waals surface area contributed by atoms with E-state index in [2.05, 4.69) is 5.32 Å². The van der Waals surface area contributed by atoms with Crippen molar-refractivity contribution in [1.82, 2.24) is 5.32 Å². The average Bonchev–Trinajstić information content (AvgIpc) is 2.82. The maximum atomic E-state index is 11.8. The molecule has 1 saturated heterocycles. The van der Waals surface area contributed by atoms with Crippen LogP contribution in [0.2, 0.25) is 0 Å². The molecule has 1 atom stereocenters. The van der Waals surface area contributed by atoms with Crippen molar-refractivity contribution in [3.05, 3.63) is 29.8 Å². The van der Waals surface area contributed by atoms with Crippen LogP contribution in [-0.2, 0) is 4.74 Å². The Morgan fingerprint density at radius 1 is 1.53 bits per heavy atom. The number of anilines is 1. The monoisotopic (exact) mass is 234 g/mol. The molecule has 1 aromatic carbocycles. The molecule has 4 nitrogen and oxygen atoms in total. The molecule has 0 saturated carbocycles. The van der Waals surface area contributed by atoms with Crippen LogP contribution in [-0.4, -0.2) is 31.6 Å². The lowest BCUT2D eigenvalue weighted by atomic mass is 10.1. The van der Waals surface area contributed by atoms with Gasteiger partial charge in [-0.05, 0) is 25.0 Å². The van der Waals surface area contributed by atoms with Gasteiger partial charge in [0.15, 0.2) is 5.78 Å². The van der Waals surface area contributed by atoms with Gasteiger partial charge in [0.1, 0.15) is 0 Å². The first kappa shape index (κ1) is 12.1. The molecule has 17 heavy (non-hydrogen) atoms. The third kappa shape index (κ3) is 3.54. The first-order valence-electron chi connectivity index (χ1n) is 5.97. The minimum absolute atomic E-state index is 0.0651. The number of hydrogen-bond acceptors (Lipinski definition) is 4. The molecule has 0 aliphatic carbocycles. The Morgan fingerprint density at radius 3 is 3.12 bits per heavy atom. The minimum Gasteiger partial charge on any atom is -0.399 e. The van der Waals surface area contributed by atoms with E-state index in [0.717, 1.165) is 26.0 Å². The zero-order chi connectivity index (χ0) is 12.1. The molecule has 4 heteroatoms. The number of ether oxygens (including phenoxy) is 1. The van der Waals surface area contributed by atoms with E-state index in [1.165, 1.54) is 0 Å². The van der Waals surface area contributed by atoms with E-state index >= 15 is 0 Å². The number of nitrogen functional groups attached to an aromatic ring is 1. The Labute approximate surface area is 101 Å². The summed E-state index contributed by atoms with van der Waals surface area (Å²) in [6, 6.07) is 7.06. The standard InChI is InChI=1S/C13H18N2O2/c14-11-4-1-3-10(7-11)13(16)9-15-8-12-5-2-6-17-12/h1,3-4,7,12,15H,2,5-6,8-9,14H2. The van der Waals surface area contributed by atoms with E-state index in [0.29, 0.717) is 17.8 Å². The first-order valence-corrected chi connectivity index (χ1v) is 5.97. The average molecular weight is 234 g/mol. The predicted octanol–water partition coefficient (Wildman–Crippen LogP) is 1.22. The predicted molar refractivity (Wildman–Crippen MR) is 67.0 cm³/mol. The van der Waals surface area contributed by atoms with Crippen LogP contribution in [0.25, 0.3) is 0 Å². The number of carbonyl (C=O) groups excluding carboxylic acids is 1. The largest absolute Gasteiger partial charge is 0.399 e. The SMILES string of the molecule is Nc1cccc(C(=O)CNCC2CCCO2)c1. The number of nitrogens with two attached hydrogens (primary N) is 1. The fraction of sp³-hybridized carbons (Fsp3) is 0.462. The second-order valence-electron chi connectivity index (χ2n) is 4.31. The topological polar surface area (TPSA) is 64.4 Å². The van der Waals surface area contributed by atoms with Gasteiger partial charge in [0.05, 0.1) is 12.6 Å². The van der Waals surface area contributed by atoms with Gasteiger partial charge >= 0.3 is 0 Å². The highest BCUT2D eigenvalue weighted by Crippen LogP contribution is 2.10. The third-order valence-electron chi connectivity index (χ3n) is 2.89. The fourth-order valence-corrected chi connectivity index (χ4v) is 1.97. The number of nitrogens with one attached hydrogen (secondary N) is 1. The number of rotatable bonds is 5. The van der Waals surface area contributed by atoms with Crippen molar-refractivity contribution in [3.63, 3.8) is 0 Å². The van der Waals surface area contributed by atoms with Crippen molar-refractivity contribution >= 4 is 11.5 Å². The number of hydrogen-bond donors (Lipinski definition) is 2. The molecular weight excluding hydrogens is 216 g/mol. The van der Waals surface area contributed by atoms with E-state index in [1.807, 2.05) is 0 Å². The van der Waals surface area contributed by atoms with Crippen molar-refractivity contribution < 1.29 is 9.53 Å². The van der Waals surface area contributed by atoms with Gasteiger partial charge in [-0.2, -0.15) is 0 Å². The van der Waals surface area contributed by atoms with E-state index in [1.54, 1.807) is 24.3 Å². The zero-order valence-corrected chi connectivity index (χ0v) is 9.82. The summed E-state index contributed by atoms with van der Waals surface area (Å²) in [5, 5.41) is 3.13. The van der Waals surface area contributed by atoms with Crippen LogP contribution in [0.5, 0.6) is 0 Å². The molecule has 1 fully saturated rings. The van der Waals surface area contributed by atoms with Crippen LogP contribution in [0, 0.1) is 0 Å². The molecule has 0 aromatic heterocycles. The molecule has 1 aliphatic heterocycles. The van der Waals surface area contributed by atoms with E-state index in [4.69, 9.17) is 10.5 Å². The lowest BCUT2D eigenvalue weighted by molar-refractivity contribution is 0.0955. The summed E-state index contributed by atoms with van der Waals surface area (Å²) in [6.45, 7) is 1.92. The number of ketones is 1. The zero-order valence-electron chi connectivity index (χ0n) is 9.82. The van der Waals surface area contributed by atoms with Crippen molar-refractivity contribution in [3.8, 4) is 0 Å². The number of carbonyl (C=O) groups is 1. The highest BCUT2D eigenvalue weighted by Gasteiger charge is 2.15. The molecular formula is C13H18N2O2. The lowest BCUT2D eigenvalue weighted by Crippen LogP contribution is -2.30. The molecule has 92 valence electrons. The lowest BCUT2D eigenvalue weighted by Gasteiger charge is -2.10. The molecule has 1 unspecified atom stereocenters. The van der Waals surface area contributed by atoms with Crippen LogP contribution in [0.3, 0.4) is 0 Å². The Kier molecular flexibility index (Phi) is 4.12. The summed E-state index contributed by atoms with van der Waals surface area (Å²) < 4.78 is 5.47. The van der Waals surface area contributed by atoms with Gasteiger partial charge in [-0.1, -0.05) is 12.1 Å².